The zero-order valence-electron chi connectivity index (χ0n) is 8.13. The number of carboxylic acid groups (broad SMARTS) is 1. The summed E-state index contributed by atoms with van der Waals surface area (Å²) in [5.41, 5.74) is 5.13. The normalized spacial score (nSPS) is 14.3. The highest BCUT2D eigenvalue weighted by Crippen LogP contribution is 2.20. The predicted molar refractivity (Wildman–Crippen MR) is 48.9 cm³/mol. The van der Waals surface area contributed by atoms with E-state index >= 15 is 0 Å². The summed E-state index contributed by atoms with van der Waals surface area (Å²) in [5.74, 6) is -1.20. The first-order valence-electron chi connectivity index (χ1n) is 4.41. The van der Waals surface area contributed by atoms with Crippen molar-refractivity contribution in [2.75, 3.05) is 0 Å². The van der Waals surface area contributed by atoms with Crippen LogP contribution in [-0.4, -0.2) is 16.6 Å². The molecule has 0 rings (SSSR count). The van der Waals surface area contributed by atoms with E-state index in [0.717, 1.165) is 12.8 Å². The van der Waals surface area contributed by atoms with Crippen molar-refractivity contribution < 1.29 is 9.90 Å². The largest absolute Gasteiger partial charge is 0.481 e. The molecule has 0 saturated carbocycles. The second-order valence-electron chi connectivity index (χ2n) is 3.85. The van der Waals surface area contributed by atoms with E-state index in [9.17, 15) is 4.79 Å². The lowest BCUT2D eigenvalue weighted by atomic mass is 9.85. The van der Waals surface area contributed by atoms with E-state index in [1.165, 1.54) is 0 Å². The van der Waals surface area contributed by atoms with E-state index in [0.29, 0.717) is 6.42 Å². The standard InChI is InChI=1S/C9H19NO2/c1-4-5-6-7(8(11)12)9(2,3)10/h7H,4-6,10H2,1-3H3,(H,11,12). The first kappa shape index (κ1) is 11.4. The van der Waals surface area contributed by atoms with Crippen molar-refractivity contribution in [3.8, 4) is 0 Å². The molecule has 72 valence electrons. The second kappa shape index (κ2) is 4.45. The number of carbonyl (C=O) groups is 1. The lowest BCUT2D eigenvalue weighted by Crippen LogP contribution is -2.44. The number of unbranched alkanes of at least 4 members (excludes halogenated alkanes) is 1. The highest BCUT2D eigenvalue weighted by molar-refractivity contribution is 5.71. The fourth-order valence-electron chi connectivity index (χ4n) is 1.22. The molecule has 0 heterocycles. The van der Waals surface area contributed by atoms with Gasteiger partial charge in [0.05, 0.1) is 5.92 Å². The van der Waals surface area contributed by atoms with Crippen LogP contribution in [0, 0.1) is 5.92 Å². The molecule has 0 aliphatic heterocycles. The van der Waals surface area contributed by atoms with E-state index in [1.54, 1.807) is 13.8 Å². The SMILES string of the molecule is CCCCC(C(=O)O)C(C)(C)N. The van der Waals surface area contributed by atoms with Gasteiger partial charge in [0, 0.05) is 5.54 Å². The van der Waals surface area contributed by atoms with E-state index in [1.807, 2.05) is 6.92 Å². The number of hydrogen-bond acceptors (Lipinski definition) is 2. The molecule has 0 amide bonds. The number of nitrogens with two attached hydrogens (primary N) is 1. The van der Waals surface area contributed by atoms with Gasteiger partial charge in [0.2, 0.25) is 0 Å². The quantitative estimate of drug-likeness (QED) is 0.664. The lowest BCUT2D eigenvalue weighted by Gasteiger charge is -2.26. The van der Waals surface area contributed by atoms with Gasteiger partial charge in [-0.25, -0.2) is 0 Å². The minimum atomic E-state index is -0.782. The number of hydrogen-bond donors (Lipinski definition) is 2. The fourth-order valence-corrected chi connectivity index (χ4v) is 1.22. The molecule has 0 saturated heterocycles. The predicted octanol–water partition coefficient (Wildman–Crippen LogP) is 1.61. The first-order chi connectivity index (χ1) is 5.39. The van der Waals surface area contributed by atoms with Crippen LogP contribution < -0.4 is 5.73 Å². The van der Waals surface area contributed by atoms with Crippen molar-refractivity contribution in [2.24, 2.45) is 11.7 Å². The molecule has 0 aliphatic carbocycles. The molecule has 0 spiro atoms. The van der Waals surface area contributed by atoms with Crippen LogP contribution in [0.15, 0.2) is 0 Å². The average molecular weight is 173 g/mol. The number of carboxylic acids is 1. The van der Waals surface area contributed by atoms with Crippen LogP contribution in [0.1, 0.15) is 40.0 Å². The number of aliphatic carboxylic acids is 1. The van der Waals surface area contributed by atoms with Crippen LogP contribution >= 0.6 is 0 Å². The minimum absolute atomic E-state index is 0.419. The molecule has 0 aromatic rings. The van der Waals surface area contributed by atoms with Gasteiger partial charge in [-0.05, 0) is 20.3 Å². The molecule has 0 radical (unpaired) electrons. The summed E-state index contributed by atoms with van der Waals surface area (Å²) in [6.45, 7) is 5.57. The second-order valence-corrected chi connectivity index (χ2v) is 3.85. The van der Waals surface area contributed by atoms with Gasteiger partial charge in [-0.15, -0.1) is 0 Å². The summed E-state index contributed by atoms with van der Waals surface area (Å²) >= 11 is 0. The maximum atomic E-state index is 10.8. The van der Waals surface area contributed by atoms with Crippen LogP contribution in [0.25, 0.3) is 0 Å². The molecule has 1 unspecified atom stereocenters. The van der Waals surface area contributed by atoms with Crippen molar-refractivity contribution >= 4 is 5.97 Å². The van der Waals surface area contributed by atoms with Crippen molar-refractivity contribution in [2.45, 2.75) is 45.6 Å². The summed E-state index contributed by atoms with van der Waals surface area (Å²) in [6.07, 6.45) is 2.62. The summed E-state index contributed by atoms with van der Waals surface area (Å²) in [5, 5.41) is 8.86. The molecule has 0 aromatic carbocycles. The van der Waals surface area contributed by atoms with Gasteiger partial charge >= 0.3 is 5.97 Å². The first-order valence-corrected chi connectivity index (χ1v) is 4.41. The Morgan fingerprint density at radius 2 is 2.08 bits per heavy atom. The third-order valence-corrected chi connectivity index (χ3v) is 2.04. The maximum absolute atomic E-state index is 10.8. The summed E-state index contributed by atoms with van der Waals surface area (Å²) < 4.78 is 0. The molecular formula is C9H19NO2. The van der Waals surface area contributed by atoms with E-state index in [2.05, 4.69) is 0 Å². The van der Waals surface area contributed by atoms with Crippen molar-refractivity contribution in [1.29, 1.82) is 0 Å². The smallest absolute Gasteiger partial charge is 0.308 e. The summed E-state index contributed by atoms with van der Waals surface area (Å²) in [7, 11) is 0. The number of rotatable bonds is 5. The Morgan fingerprint density at radius 3 is 2.33 bits per heavy atom. The van der Waals surface area contributed by atoms with Gasteiger partial charge in [-0.3, -0.25) is 4.79 Å². The van der Waals surface area contributed by atoms with Crippen molar-refractivity contribution in [3.05, 3.63) is 0 Å². The van der Waals surface area contributed by atoms with Crippen molar-refractivity contribution in [3.63, 3.8) is 0 Å². The van der Waals surface area contributed by atoms with E-state index < -0.39 is 17.4 Å². The van der Waals surface area contributed by atoms with Gasteiger partial charge < -0.3 is 10.8 Å². The molecule has 3 heteroatoms. The molecule has 3 N–H and O–H groups in total. The van der Waals surface area contributed by atoms with Gasteiger partial charge in [0.25, 0.3) is 0 Å². The zero-order valence-corrected chi connectivity index (χ0v) is 8.13. The van der Waals surface area contributed by atoms with Crippen LogP contribution in [0.3, 0.4) is 0 Å². The maximum Gasteiger partial charge on any atom is 0.308 e. The van der Waals surface area contributed by atoms with Gasteiger partial charge in [0.15, 0.2) is 0 Å². The zero-order chi connectivity index (χ0) is 9.78. The van der Waals surface area contributed by atoms with Gasteiger partial charge in [-0.1, -0.05) is 19.8 Å². The Labute approximate surface area is 74.0 Å². The Kier molecular flexibility index (Phi) is 4.24. The average Bonchev–Trinajstić information content (AvgIpc) is 1.84. The molecule has 0 bridgehead atoms. The summed E-state index contributed by atoms with van der Waals surface area (Å²) in [6, 6.07) is 0. The van der Waals surface area contributed by atoms with Crippen molar-refractivity contribution in [1.82, 2.24) is 0 Å². The highest BCUT2D eigenvalue weighted by Gasteiger charge is 2.30. The molecule has 0 aromatic heterocycles. The topological polar surface area (TPSA) is 63.3 Å². The Bertz CT molecular complexity index is 149. The molecule has 1 atom stereocenters. The molecule has 0 fully saturated rings. The Balaban J connectivity index is 4.15. The summed E-state index contributed by atoms with van der Waals surface area (Å²) in [4.78, 5) is 10.8. The monoisotopic (exact) mass is 173 g/mol. The van der Waals surface area contributed by atoms with Gasteiger partial charge in [-0.2, -0.15) is 0 Å². The third-order valence-electron chi connectivity index (χ3n) is 2.04. The Morgan fingerprint density at radius 1 is 1.58 bits per heavy atom. The van der Waals surface area contributed by atoms with Crippen LogP contribution in [0.4, 0.5) is 0 Å². The van der Waals surface area contributed by atoms with Crippen LogP contribution in [0.2, 0.25) is 0 Å². The third kappa shape index (κ3) is 3.72. The minimum Gasteiger partial charge on any atom is -0.481 e. The molecular weight excluding hydrogens is 154 g/mol. The van der Waals surface area contributed by atoms with Crippen LogP contribution in [0.5, 0.6) is 0 Å². The molecule has 12 heavy (non-hydrogen) atoms. The van der Waals surface area contributed by atoms with E-state index in [-0.39, 0.29) is 0 Å². The van der Waals surface area contributed by atoms with Gasteiger partial charge in [0.1, 0.15) is 0 Å². The fraction of sp³-hybridized carbons (Fsp3) is 0.889. The molecule has 0 aliphatic rings. The van der Waals surface area contributed by atoms with E-state index in [4.69, 9.17) is 10.8 Å². The Hall–Kier alpha value is -0.570. The van der Waals surface area contributed by atoms with Crippen LogP contribution in [-0.2, 0) is 4.79 Å². The highest BCUT2D eigenvalue weighted by atomic mass is 16.4. The lowest BCUT2D eigenvalue weighted by molar-refractivity contribution is -0.144. The molecule has 3 nitrogen and oxygen atoms in total.